The molecule has 3 aromatic heterocycles. The van der Waals surface area contributed by atoms with E-state index in [0.29, 0.717) is 22.7 Å². The van der Waals surface area contributed by atoms with Crippen molar-refractivity contribution in [1.82, 2.24) is 19.6 Å². The molecule has 1 saturated carbocycles. The first-order valence-electron chi connectivity index (χ1n) is 7.08. The van der Waals surface area contributed by atoms with Gasteiger partial charge in [0.1, 0.15) is 5.82 Å². The van der Waals surface area contributed by atoms with Crippen molar-refractivity contribution in [2.24, 2.45) is 0 Å². The van der Waals surface area contributed by atoms with Crippen LogP contribution in [0.15, 0.2) is 35.4 Å². The Morgan fingerprint density at radius 2 is 2.14 bits per heavy atom. The highest BCUT2D eigenvalue weighted by Crippen LogP contribution is 2.24. The van der Waals surface area contributed by atoms with E-state index in [4.69, 9.17) is 0 Å². The van der Waals surface area contributed by atoms with Gasteiger partial charge in [0.25, 0.3) is 5.56 Å². The number of pyridine rings is 1. The SMILES string of the molecule is O=c1ccnc2sc(NCc3ccnc(NC4CC4)c3)nn12. The van der Waals surface area contributed by atoms with Crippen molar-refractivity contribution in [1.29, 1.82) is 0 Å². The van der Waals surface area contributed by atoms with Crippen LogP contribution in [0.3, 0.4) is 0 Å². The minimum absolute atomic E-state index is 0.172. The molecule has 0 bridgehead atoms. The Morgan fingerprint density at radius 3 is 2.95 bits per heavy atom. The van der Waals surface area contributed by atoms with Gasteiger partial charge in [-0.3, -0.25) is 4.79 Å². The van der Waals surface area contributed by atoms with Gasteiger partial charge in [-0.2, -0.15) is 4.52 Å². The van der Waals surface area contributed by atoms with Crippen LogP contribution in [-0.2, 0) is 6.54 Å². The Morgan fingerprint density at radius 1 is 1.27 bits per heavy atom. The topological polar surface area (TPSA) is 84.2 Å². The predicted octanol–water partition coefficient (Wildman–Crippen LogP) is 1.73. The lowest BCUT2D eigenvalue weighted by atomic mass is 10.2. The molecule has 3 aromatic rings. The number of fused-ring (bicyclic) bond motifs is 1. The quantitative estimate of drug-likeness (QED) is 0.746. The smallest absolute Gasteiger partial charge is 0.275 e. The zero-order chi connectivity index (χ0) is 14.9. The lowest BCUT2D eigenvalue weighted by Gasteiger charge is -2.06. The van der Waals surface area contributed by atoms with Gasteiger partial charge >= 0.3 is 0 Å². The molecule has 1 aliphatic carbocycles. The molecule has 4 rings (SSSR count). The van der Waals surface area contributed by atoms with E-state index in [1.165, 1.54) is 41.0 Å². The zero-order valence-electron chi connectivity index (χ0n) is 11.7. The third kappa shape index (κ3) is 2.77. The maximum absolute atomic E-state index is 11.6. The van der Waals surface area contributed by atoms with Crippen molar-refractivity contribution in [2.75, 3.05) is 10.6 Å². The van der Waals surface area contributed by atoms with Gasteiger partial charge in [-0.05, 0) is 30.5 Å². The van der Waals surface area contributed by atoms with Crippen LogP contribution >= 0.6 is 11.3 Å². The summed E-state index contributed by atoms with van der Waals surface area (Å²) in [5.74, 6) is 0.906. The normalized spacial score (nSPS) is 14.2. The highest BCUT2D eigenvalue weighted by Gasteiger charge is 2.21. The number of nitrogens with one attached hydrogen (secondary N) is 2. The average Bonchev–Trinajstić information content (AvgIpc) is 3.22. The minimum atomic E-state index is -0.172. The molecule has 8 heteroatoms. The number of rotatable bonds is 5. The first-order valence-corrected chi connectivity index (χ1v) is 7.90. The summed E-state index contributed by atoms with van der Waals surface area (Å²) in [5, 5.41) is 11.5. The Balaban J connectivity index is 1.48. The molecule has 0 aromatic carbocycles. The molecule has 0 atom stereocenters. The van der Waals surface area contributed by atoms with E-state index in [1.807, 2.05) is 12.1 Å². The zero-order valence-corrected chi connectivity index (χ0v) is 12.5. The Hall–Kier alpha value is -2.48. The maximum atomic E-state index is 11.6. The van der Waals surface area contributed by atoms with E-state index in [9.17, 15) is 4.79 Å². The van der Waals surface area contributed by atoms with Gasteiger partial charge in [-0.15, -0.1) is 5.10 Å². The van der Waals surface area contributed by atoms with E-state index < -0.39 is 0 Å². The summed E-state index contributed by atoms with van der Waals surface area (Å²) in [6.07, 6.45) is 5.74. The van der Waals surface area contributed by atoms with E-state index in [-0.39, 0.29) is 5.56 Å². The Bertz CT molecular complexity index is 869. The molecule has 0 amide bonds. The number of nitrogens with zero attached hydrogens (tertiary/aromatic N) is 4. The van der Waals surface area contributed by atoms with Gasteiger partial charge in [0.15, 0.2) is 0 Å². The molecule has 112 valence electrons. The predicted molar refractivity (Wildman–Crippen MR) is 85.3 cm³/mol. The van der Waals surface area contributed by atoms with Crippen molar-refractivity contribution in [3.63, 3.8) is 0 Å². The van der Waals surface area contributed by atoms with E-state index >= 15 is 0 Å². The maximum Gasteiger partial charge on any atom is 0.275 e. The molecule has 1 fully saturated rings. The van der Waals surface area contributed by atoms with Gasteiger partial charge in [0.2, 0.25) is 10.1 Å². The Labute approximate surface area is 130 Å². The van der Waals surface area contributed by atoms with Crippen LogP contribution in [0.5, 0.6) is 0 Å². The van der Waals surface area contributed by atoms with Gasteiger partial charge in [-0.1, -0.05) is 11.3 Å². The number of hydrogen-bond acceptors (Lipinski definition) is 7. The summed E-state index contributed by atoms with van der Waals surface area (Å²) in [7, 11) is 0. The van der Waals surface area contributed by atoms with E-state index in [2.05, 4.69) is 25.7 Å². The highest BCUT2D eigenvalue weighted by atomic mass is 32.1. The second-order valence-electron chi connectivity index (χ2n) is 5.21. The number of hydrogen-bond donors (Lipinski definition) is 2. The summed E-state index contributed by atoms with van der Waals surface area (Å²) < 4.78 is 1.31. The highest BCUT2D eigenvalue weighted by molar-refractivity contribution is 7.20. The fourth-order valence-electron chi connectivity index (χ4n) is 2.09. The van der Waals surface area contributed by atoms with Gasteiger partial charge in [-0.25, -0.2) is 9.97 Å². The molecule has 2 N–H and O–H groups in total. The number of aromatic nitrogens is 4. The average molecular weight is 314 g/mol. The molecule has 0 saturated heterocycles. The molecule has 3 heterocycles. The molecular formula is C14H14N6OS. The van der Waals surface area contributed by atoms with Crippen molar-refractivity contribution >= 4 is 27.2 Å². The fourth-order valence-corrected chi connectivity index (χ4v) is 2.86. The molecule has 0 aliphatic heterocycles. The van der Waals surface area contributed by atoms with Crippen LogP contribution in [0.2, 0.25) is 0 Å². The van der Waals surface area contributed by atoms with Crippen molar-refractivity contribution in [3.05, 3.63) is 46.5 Å². The summed E-state index contributed by atoms with van der Waals surface area (Å²) in [6, 6.07) is 5.97. The van der Waals surface area contributed by atoms with Crippen LogP contribution in [0.1, 0.15) is 18.4 Å². The third-order valence-electron chi connectivity index (χ3n) is 3.37. The van der Waals surface area contributed by atoms with Crippen molar-refractivity contribution in [3.8, 4) is 0 Å². The van der Waals surface area contributed by atoms with Gasteiger partial charge in [0.05, 0.1) is 0 Å². The summed E-state index contributed by atoms with van der Waals surface area (Å²) in [5.41, 5.74) is 0.937. The Kier molecular flexibility index (Phi) is 3.23. The molecule has 7 nitrogen and oxygen atoms in total. The summed E-state index contributed by atoms with van der Waals surface area (Å²) in [6.45, 7) is 0.621. The fraction of sp³-hybridized carbons (Fsp3) is 0.286. The molecule has 22 heavy (non-hydrogen) atoms. The standard InChI is InChI=1S/C14H14N6OS/c21-12-4-6-16-14-20(12)19-13(22-14)17-8-9-3-5-15-11(7-9)18-10-1-2-10/h3-7,10H,1-2,8H2,(H,15,18)(H,17,19). The van der Waals surface area contributed by atoms with Gasteiger partial charge in [0, 0.05) is 31.0 Å². The number of anilines is 2. The monoisotopic (exact) mass is 314 g/mol. The van der Waals surface area contributed by atoms with Crippen molar-refractivity contribution < 1.29 is 0 Å². The van der Waals surface area contributed by atoms with E-state index in [1.54, 1.807) is 6.20 Å². The van der Waals surface area contributed by atoms with E-state index in [0.717, 1.165) is 11.4 Å². The van der Waals surface area contributed by atoms with Crippen LogP contribution in [0.4, 0.5) is 10.9 Å². The molecule has 0 unspecified atom stereocenters. The first kappa shape index (κ1) is 13.2. The molecule has 1 aliphatic rings. The van der Waals surface area contributed by atoms with Gasteiger partial charge < -0.3 is 10.6 Å². The summed E-state index contributed by atoms with van der Waals surface area (Å²) in [4.78, 5) is 20.7. The third-order valence-corrected chi connectivity index (χ3v) is 4.25. The largest absolute Gasteiger partial charge is 0.367 e. The molecule has 0 radical (unpaired) electrons. The van der Waals surface area contributed by atoms with Crippen molar-refractivity contribution in [2.45, 2.75) is 25.4 Å². The lowest BCUT2D eigenvalue weighted by Crippen LogP contribution is -2.12. The van der Waals surface area contributed by atoms with Crippen LogP contribution < -0.4 is 16.2 Å². The minimum Gasteiger partial charge on any atom is -0.367 e. The summed E-state index contributed by atoms with van der Waals surface area (Å²) >= 11 is 1.35. The lowest BCUT2D eigenvalue weighted by molar-refractivity contribution is 0.895. The van der Waals surface area contributed by atoms with Crippen LogP contribution in [0, 0.1) is 0 Å². The second kappa shape index (κ2) is 5.38. The van der Waals surface area contributed by atoms with Crippen LogP contribution in [0.25, 0.3) is 4.96 Å². The second-order valence-corrected chi connectivity index (χ2v) is 6.16. The van der Waals surface area contributed by atoms with Crippen LogP contribution in [-0.4, -0.2) is 25.6 Å². The first-order chi connectivity index (χ1) is 10.8. The molecular weight excluding hydrogens is 300 g/mol. The molecule has 0 spiro atoms.